The summed E-state index contributed by atoms with van der Waals surface area (Å²) in [5, 5.41) is 10.1. The number of aliphatic hydroxyl groups excluding tert-OH is 1. The van der Waals surface area contributed by atoms with Crippen molar-refractivity contribution < 1.29 is 23.7 Å². The maximum absolute atomic E-state index is 13.5. The molecule has 6 heteroatoms. The van der Waals surface area contributed by atoms with Gasteiger partial charge in [-0.05, 0) is 36.9 Å². The van der Waals surface area contributed by atoms with Crippen LogP contribution >= 0.6 is 0 Å². The quantitative estimate of drug-likeness (QED) is 0.843. The molecule has 0 saturated heterocycles. The topological polar surface area (TPSA) is 51.2 Å². The van der Waals surface area contributed by atoms with E-state index >= 15 is 0 Å². The smallest absolute Gasteiger partial charge is 0.231 e. The molecule has 0 fully saturated rings. The van der Waals surface area contributed by atoms with Gasteiger partial charge in [-0.15, -0.1) is 0 Å². The van der Waals surface area contributed by atoms with Crippen LogP contribution in [0.1, 0.15) is 5.56 Å². The lowest BCUT2D eigenvalue weighted by molar-refractivity contribution is 0.0728. The first kappa shape index (κ1) is 16.5. The molecule has 24 heavy (non-hydrogen) atoms. The fraction of sp³-hybridized carbons (Fsp3) is 0.333. The van der Waals surface area contributed by atoms with Crippen LogP contribution in [0.3, 0.4) is 0 Å². The normalized spacial score (nSPS) is 14.0. The van der Waals surface area contributed by atoms with Gasteiger partial charge in [0.25, 0.3) is 0 Å². The van der Waals surface area contributed by atoms with Gasteiger partial charge in [-0.3, -0.25) is 4.90 Å². The minimum atomic E-state index is -0.719. The number of likely N-dealkylation sites (N-methyl/N-ethyl adjacent to an activating group) is 1. The lowest BCUT2D eigenvalue weighted by atomic mass is 10.2. The molecule has 2 aromatic rings. The Morgan fingerprint density at radius 3 is 2.83 bits per heavy atom. The molecule has 2 aromatic carbocycles. The monoisotopic (exact) mass is 333 g/mol. The summed E-state index contributed by atoms with van der Waals surface area (Å²) in [5.41, 5.74) is 1.06. The van der Waals surface area contributed by atoms with Crippen molar-refractivity contribution in [3.8, 4) is 17.2 Å². The van der Waals surface area contributed by atoms with Crippen LogP contribution < -0.4 is 14.2 Å². The molecule has 0 radical (unpaired) electrons. The van der Waals surface area contributed by atoms with Crippen molar-refractivity contribution >= 4 is 0 Å². The third-order valence-corrected chi connectivity index (χ3v) is 3.68. The number of nitrogens with zero attached hydrogens (tertiary/aromatic N) is 1. The van der Waals surface area contributed by atoms with E-state index < -0.39 is 11.9 Å². The van der Waals surface area contributed by atoms with Gasteiger partial charge < -0.3 is 19.3 Å². The Kier molecular flexibility index (Phi) is 5.17. The highest BCUT2D eigenvalue weighted by Gasteiger charge is 2.15. The maximum Gasteiger partial charge on any atom is 0.231 e. The van der Waals surface area contributed by atoms with Crippen LogP contribution in [-0.4, -0.2) is 43.1 Å². The van der Waals surface area contributed by atoms with E-state index in [4.69, 9.17) is 14.2 Å². The second-order valence-electron chi connectivity index (χ2n) is 5.78. The first-order chi connectivity index (χ1) is 11.6. The molecule has 0 spiro atoms. The van der Waals surface area contributed by atoms with Gasteiger partial charge in [0.05, 0.1) is 0 Å². The number of ether oxygens (including phenoxy) is 3. The van der Waals surface area contributed by atoms with Crippen LogP contribution in [0, 0.1) is 5.82 Å². The molecule has 0 bridgehead atoms. The van der Waals surface area contributed by atoms with Gasteiger partial charge >= 0.3 is 0 Å². The molecule has 1 aliphatic heterocycles. The number of aliphatic hydroxyl groups is 1. The molecular weight excluding hydrogens is 313 g/mol. The average Bonchev–Trinajstić information content (AvgIpc) is 3.01. The zero-order chi connectivity index (χ0) is 16.9. The number of rotatable bonds is 7. The van der Waals surface area contributed by atoms with E-state index in [0.717, 1.165) is 17.1 Å². The van der Waals surface area contributed by atoms with Gasteiger partial charge in [-0.25, -0.2) is 4.39 Å². The minimum absolute atomic E-state index is 0.0341. The fourth-order valence-electron chi connectivity index (χ4n) is 2.58. The third kappa shape index (κ3) is 4.15. The number of halogens is 1. The third-order valence-electron chi connectivity index (χ3n) is 3.68. The first-order valence-electron chi connectivity index (χ1n) is 7.74. The molecule has 1 heterocycles. The molecule has 3 rings (SSSR count). The Morgan fingerprint density at radius 1 is 1.21 bits per heavy atom. The zero-order valence-electron chi connectivity index (χ0n) is 13.4. The molecule has 1 atom stereocenters. The molecule has 1 aliphatic rings. The van der Waals surface area contributed by atoms with E-state index in [1.807, 2.05) is 30.1 Å². The van der Waals surface area contributed by atoms with Crippen molar-refractivity contribution in [2.45, 2.75) is 12.6 Å². The van der Waals surface area contributed by atoms with Crippen molar-refractivity contribution in [1.29, 1.82) is 0 Å². The lowest BCUT2D eigenvalue weighted by Crippen LogP contribution is -2.32. The predicted molar refractivity (Wildman–Crippen MR) is 86.8 cm³/mol. The highest BCUT2D eigenvalue weighted by Crippen LogP contribution is 2.32. The van der Waals surface area contributed by atoms with E-state index in [1.54, 1.807) is 18.2 Å². The van der Waals surface area contributed by atoms with Crippen LogP contribution in [0.2, 0.25) is 0 Å². The number of hydrogen-bond acceptors (Lipinski definition) is 5. The number of para-hydroxylation sites is 1. The SMILES string of the molecule is CN(Cc1ccc2c(c1)OCO2)CC(O)COc1ccccc1F. The maximum atomic E-state index is 13.5. The van der Waals surface area contributed by atoms with Gasteiger partial charge in [-0.2, -0.15) is 0 Å². The summed E-state index contributed by atoms with van der Waals surface area (Å²) < 4.78 is 29.4. The zero-order valence-corrected chi connectivity index (χ0v) is 13.4. The number of hydrogen-bond donors (Lipinski definition) is 1. The van der Waals surface area contributed by atoms with Gasteiger partial charge in [0, 0.05) is 13.1 Å². The Labute approximate surface area is 140 Å². The van der Waals surface area contributed by atoms with Crippen LogP contribution in [0.15, 0.2) is 42.5 Å². The molecule has 0 amide bonds. The molecular formula is C18H20FNO4. The number of benzene rings is 2. The van der Waals surface area contributed by atoms with Crippen molar-refractivity contribution in [1.82, 2.24) is 4.90 Å². The number of fused-ring (bicyclic) bond motifs is 1. The van der Waals surface area contributed by atoms with E-state index in [0.29, 0.717) is 13.1 Å². The van der Waals surface area contributed by atoms with Gasteiger partial charge in [0.2, 0.25) is 6.79 Å². The lowest BCUT2D eigenvalue weighted by Gasteiger charge is -2.21. The Hall–Kier alpha value is -2.31. The van der Waals surface area contributed by atoms with Crippen molar-refractivity contribution in [2.75, 3.05) is 27.0 Å². The summed E-state index contributed by atoms with van der Waals surface area (Å²) in [5.74, 6) is 1.21. The standard InChI is InChI=1S/C18H20FNO4/c1-20(9-13-6-7-17-18(8-13)24-12-23-17)10-14(21)11-22-16-5-3-2-4-15(16)19/h2-8,14,21H,9-12H2,1H3. The first-order valence-corrected chi connectivity index (χ1v) is 7.74. The largest absolute Gasteiger partial charge is 0.488 e. The fourth-order valence-corrected chi connectivity index (χ4v) is 2.58. The summed E-state index contributed by atoms with van der Waals surface area (Å²) in [4.78, 5) is 1.97. The van der Waals surface area contributed by atoms with E-state index in [1.165, 1.54) is 6.07 Å². The predicted octanol–water partition coefficient (Wildman–Crippen LogP) is 2.43. The molecule has 1 unspecified atom stereocenters. The second kappa shape index (κ2) is 7.51. The minimum Gasteiger partial charge on any atom is -0.488 e. The van der Waals surface area contributed by atoms with Crippen molar-refractivity contribution in [3.63, 3.8) is 0 Å². The van der Waals surface area contributed by atoms with Crippen molar-refractivity contribution in [3.05, 3.63) is 53.8 Å². The van der Waals surface area contributed by atoms with Crippen LogP contribution in [0.5, 0.6) is 17.2 Å². The van der Waals surface area contributed by atoms with E-state index in [9.17, 15) is 9.50 Å². The highest BCUT2D eigenvalue weighted by atomic mass is 19.1. The molecule has 0 aliphatic carbocycles. The van der Waals surface area contributed by atoms with Crippen LogP contribution in [-0.2, 0) is 6.54 Å². The Morgan fingerprint density at radius 2 is 2.00 bits per heavy atom. The summed E-state index contributed by atoms with van der Waals surface area (Å²) in [6.07, 6.45) is -0.719. The Bertz CT molecular complexity index is 694. The second-order valence-corrected chi connectivity index (χ2v) is 5.78. The van der Waals surface area contributed by atoms with Gasteiger partial charge in [-0.1, -0.05) is 18.2 Å². The summed E-state index contributed by atoms with van der Waals surface area (Å²) in [6.45, 7) is 1.34. The summed E-state index contributed by atoms with van der Waals surface area (Å²) >= 11 is 0. The van der Waals surface area contributed by atoms with Gasteiger partial charge in [0.1, 0.15) is 12.7 Å². The molecule has 5 nitrogen and oxygen atoms in total. The summed E-state index contributed by atoms with van der Waals surface area (Å²) in [6, 6.07) is 11.9. The van der Waals surface area contributed by atoms with Crippen LogP contribution in [0.4, 0.5) is 4.39 Å². The molecule has 0 saturated carbocycles. The average molecular weight is 333 g/mol. The van der Waals surface area contributed by atoms with E-state index in [-0.39, 0.29) is 19.1 Å². The highest BCUT2D eigenvalue weighted by molar-refractivity contribution is 5.44. The van der Waals surface area contributed by atoms with Crippen LogP contribution in [0.25, 0.3) is 0 Å². The van der Waals surface area contributed by atoms with Crippen molar-refractivity contribution in [2.24, 2.45) is 0 Å². The molecule has 128 valence electrons. The Balaban J connectivity index is 1.47. The van der Waals surface area contributed by atoms with Gasteiger partial charge in [0.15, 0.2) is 23.1 Å². The summed E-state index contributed by atoms with van der Waals surface area (Å²) in [7, 11) is 1.90. The molecule has 0 aromatic heterocycles. The van der Waals surface area contributed by atoms with E-state index in [2.05, 4.69) is 0 Å². The molecule has 1 N–H and O–H groups in total.